The predicted molar refractivity (Wildman–Crippen MR) is 58.8 cm³/mol. The van der Waals surface area contributed by atoms with Gasteiger partial charge >= 0.3 is 18.3 Å². The minimum atomic E-state index is -5.03. The van der Waals surface area contributed by atoms with E-state index in [1.54, 1.807) is 0 Å². The molecule has 1 rings (SSSR count). The number of alkyl halides is 6. The lowest BCUT2D eigenvalue weighted by Crippen LogP contribution is -2.30. The topological polar surface area (TPSA) is 35.5 Å². The molecule has 0 radical (unpaired) electrons. The molecule has 9 heteroatoms. The highest BCUT2D eigenvalue weighted by Gasteiger charge is 2.48. The molecule has 118 valence electrons. The van der Waals surface area contributed by atoms with Gasteiger partial charge < -0.3 is 9.47 Å². The first-order valence-electron chi connectivity index (χ1n) is 5.42. The number of hydrogen-bond acceptors (Lipinski definition) is 3. The molecule has 0 aliphatic heterocycles. The minimum absolute atomic E-state index is 0.400. The van der Waals surface area contributed by atoms with Crippen molar-refractivity contribution in [2.45, 2.75) is 18.3 Å². The van der Waals surface area contributed by atoms with Crippen molar-refractivity contribution in [2.75, 3.05) is 14.2 Å². The van der Waals surface area contributed by atoms with Gasteiger partial charge in [0.1, 0.15) is 5.75 Å². The van der Waals surface area contributed by atoms with Gasteiger partial charge in [-0.3, -0.25) is 4.79 Å². The fourth-order valence-corrected chi connectivity index (χ4v) is 1.68. The molecule has 0 saturated carbocycles. The van der Waals surface area contributed by atoms with Crippen molar-refractivity contribution in [3.8, 4) is 5.75 Å². The van der Waals surface area contributed by atoms with Crippen LogP contribution in [0.15, 0.2) is 18.2 Å². The van der Waals surface area contributed by atoms with E-state index in [0.29, 0.717) is 18.2 Å². The number of methoxy groups -OCH3 is 2. The Morgan fingerprint density at radius 1 is 1.10 bits per heavy atom. The highest BCUT2D eigenvalue weighted by molar-refractivity contribution is 5.80. The Balaban J connectivity index is 3.43. The molecule has 0 amide bonds. The maximum absolute atomic E-state index is 12.9. The summed E-state index contributed by atoms with van der Waals surface area (Å²) in [5.41, 5.74) is -1.93. The van der Waals surface area contributed by atoms with Gasteiger partial charge in [-0.2, -0.15) is 26.3 Å². The van der Waals surface area contributed by atoms with E-state index in [4.69, 9.17) is 0 Å². The maximum atomic E-state index is 12.9. The number of carbonyl (C=O) groups excluding carboxylic acids is 1. The third kappa shape index (κ3) is 3.79. The molecule has 0 aliphatic rings. The second-order valence-corrected chi connectivity index (χ2v) is 3.95. The normalized spacial score (nSPS) is 13.7. The summed E-state index contributed by atoms with van der Waals surface area (Å²) in [5, 5.41) is 0. The lowest BCUT2D eigenvalue weighted by molar-refractivity contribution is -0.179. The van der Waals surface area contributed by atoms with Crippen LogP contribution in [-0.4, -0.2) is 26.4 Å². The van der Waals surface area contributed by atoms with Crippen LogP contribution in [0.5, 0.6) is 5.75 Å². The summed E-state index contributed by atoms with van der Waals surface area (Å²) in [4.78, 5) is 11.3. The van der Waals surface area contributed by atoms with Crippen LogP contribution in [0.1, 0.15) is 17.0 Å². The summed E-state index contributed by atoms with van der Waals surface area (Å²) in [5.74, 6) is -5.06. The molecule has 0 bridgehead atoms. The largest absolute Gasteiger partial charge is 0.496 e. The van der Waals surface area contributed by atoms with E-state index in [0.717, 1.165) is 14.2 Å². The molecule has 1 aromatic carbocycles. The first-order valence-corrected chi connectivity index (χ1v) is 5.42. The Morgan fingerprint density at radius 2 is 1.67 bits per heavy atom. The molecule has 0 N–H and O–H groups in total. The molecule has 0 aliphatic carbocycles. The van der Waals surface area contributed by atoms with E-state index < -0.39 is 41.1 Å². The molecule has 1 atom stereocenters. The molecule has 0 heterocycles. The SMILES string of the molecule is COC(=O)C(c1ccc(C(F)(F)F)cc1OC)C(F)(F)F. The second kappa shape index (κ2) is 5.82. The number of esters is 1. The average Bonchev–Trinajstić information content (AvgIpc) is 2.36. The zero-order valence-electron chi connectivity index (χ0n) is 10.8. The first kappa shape index (κ1) is 17.1. The fourth-order valence-electron chi connectivity index (χ4n) is 1.68. The van der Waals surface area contributed by atoms with Crippen LogP contribution in [0.4, 0.5) is 26.3 Å². The molecular weight excluding hydrogens is 306 g/mol. The third-order valence-electron chi connectivity index (χ3n) is 2.64. The Bertz CT molecular complexity index is 521. The van der Waals surface area contributed by atoms with Gasteiger partial charge in [-0.05, 0) is 12.1 Å². The standard InChI is InChI=1S/C12H10F6O3/c1-20-8-5-6(11(13,14)15)3-4-7(8)9(10(19)21-2)12(16,17)18/h3-5,9H,1-2H3. The first-order chi connectivity index (χ1) is 9.52. The van der Waals surface area contributed by atoms with Gasteiger partial charge in [-0.1, -0.05) is 6.07 Å². The maximum Gasteiger partial charge on any atom is 0.416 e. The van der Waals surface area contributed by atoms with Crippen molar-refractivity contribution in [2.24, 2.45) is 0 Å². The van der Waals surface area contributed by atoms with Gasteiger partial charge in [-0.15, -0.1) is 0 Å². The Morgan fingerprint density at radius 3 is 2.05 bits per heavy atom. The number of benzene rings is 1. The van der Waals surface area contributed by atoms with E-state index in [1.807, 2.05) is 0 Å². The van der Waals surface area contributed by atoms with E-state index in [1.165, 1.54) is 0 Å². The smallest absolute Gasteiger partial charge is 0.416 e. The lowest BCUT2D eigenvalue weighted by atomic mass is 9.96. The third-order valence-corrected chi connectivity index (χ3v) is 2.64. The predicted octanol–water partition coefficient (Wildman–Crippen LogP) is 3.53. The molecular formula is C12H10F6O3. The van der Waals surface area contributed by atoms with Crippen molar-refractivity contribution in [3.63, 3.8) is 0 Å². The summed E-state index contributed by atoms with van der Waals surface area (Å²) in [6.07, 6.45) is -9.77. The minimum Gasteiger partial charge on any atom is -0.496 e. The molecule has 0 aromatic heterocycles. The van der Waals surface area contributed by atoms with Gasteiger partial charge in [0.15, 0.2) is 5.92 Å². The van der Waals surface area contributed by atoms with Crippen LogP contribution < -0.4 is 4.74 Å². The average molecular weight is 316 g/mol. The molecule has 0 fully saturated rings. The van der Waals surface area contributed by atoms with Gasteiger partial charge in [0, 0.05) is 5.56 Å². The number of ether oxygens (including phenoxy) is 2. The zero-order chi connectivity index (χ0) is 16.4. The van der Waals surface area contributed by atoms with Crippen molar-refractivity contribution in [1.29, 1.82) is 0 Å². The fraction of sp³-hybridized carbons (Fsp3) is 0.417. The lowest BCUT2D eigenvalue weighted by Gasteiger charge is -2.21. The van der Waals surface area contributed by atoms with E-state index in [9.17, 15) is 31.1 Å². The number of rotatable bonds is 3. The molecule has 1 aromatic rings. The van der Waals surface area contributed by atoms with Gasteiger partial charge in [0.25, 0.3) is 0 Å². The van der Waals surface area contributed by atoms with Crippen molar-refractivity contribution >= 4 is 5.97 Å². The number of carbonyl (C=O) groups is 1. The van der Waals surface area contributed by atoms with E-state index in [-0.39, 0.29) is 0 Å². The zero-order valence-corrected chi connectivity index (χ0v) is 10.8. The molecule has 0 saturated heterocycles. The van der Waals surface area contributed by atoms with Crippen LogP contribution in [0, 0.1) is 0 Å². The van der Waals surface area contributed by atoms with E-state index in [2.05, 4.69) is 9.47 Å². The summed E-state index contributed by atoms with van der Waals surface area (Å²) < 4.78 is 84.9. The summed E-state index contributed by atoms with van der Waals surface area (Å²) in [7, 11) is 1.65. The van der Waals surface area contributed by atoms with Gasteiger partial charge in [0.2, 0.25) is 0 Å². The van der Waals surface area contributed by atoms with Crippen molar-refractivity contribution in [3.05, 3.63) is 29.3 Å². The molecule has 1 unspecified atom stereocenters. The Kier molecular flexibility index (Phi) is 4.75. The highest BCUT2D eigenvalue weighted by Crippen LogP contribution is 2.42. The van der Waals surface area contributed by atoms with Crippen LogP contribution in [-0.2, 0) is 15.7 Å². The van der Waals surface area contributed by atoms with Crippen molar-refractivity contribution in [1.82, 2.24) is 0 Å². The van der Waals surface area contributed by atoms with E-state index >= 15 is 0 Å². The Hall–Kier alpha value is -1.93. The van der Waals surface area contributed by atoms with Gasteiger partial charge in [0.05, 0.1) is 19.8 Å². The summed E-state index contributed by atoms with van der Waals surface area (Å²) in [6.45, 7) is 0. The summed E-state index contributed by atoms with van der Waals surface area (Å²) >= 11 is 0. The van der Waals surface area contributed by atoms with Crippen LogP contribution in [0.25, 0.3) is 0 Å². The summed E-state index contributed by atoms with van der Waals surface area (Å²) in [6, 6.07) is 1.40. The van der Waals surface area contributed by atoms with Crippen LogP contribution in [0.2, 0.25) is 0 Å². The monoisotopic (exact) mass is 316 g/mol. The van der Waals surface area contributed by atoms with Crippen LogP contribution >= 0.6 is 0 Å². The number of hydrogen-bond donors (Lipinski definition) is 0. The highest BCUT2D eigenvalue weighted by atomic mass is 19.4. The van der Waals surface area contributed by atoms with Crippen LogP contribution in [0.3, 0.4) is 0 Å². The van der Waals surface area contributed by atoms with Gasteiger partial charge in [-0.25, -0.2) is 0 Å². The van der Waals surface area contributed by atoms with Crippen molar-refractivity contribution < 1.29 is 40.6 Å². The second-order valence-electron chi connectivity index (χ2n) is 3.95. The quantitative estimate of drug-likeness (QED) is 0.632. The molecule has 3 nitrogen and oxygen atoms in total. The molecule has 21 heavy (non-hydrogen) atoms. The Labute approximate surface area is 115 Å². The molecule has 0 spiro atoms. The number of halogens is 6.